The molecule has 1 aromatic carbocycles. The summed E-state index contributed by atoms with van der Waals surface area (Å²) >= 11 is 0. The SMILES string of the molecule is NCC1COCC1c1ccc(F)cc1. The maximum absolute atomic E-state index is 12.7. The lowest BCUT2D eigenvalue weighted by Gasteiger charge is -2.15. The van der Waals surface area contributed by atoms with Crippen LogP contribution in [0.25, 0.3) is 0 Å². The molecule has 1 fully saturated rings. The number of ether oxygens (including phenoxy) is 1. The lowest BCUT2D eigenvalue weighted by atomic mass is 9.89. The normalized spacial score (nSPS) is 26.7. The van der Waals surface area contributed by atoms with Gasteiger partial charge in [0.15, 0.2) is 0 Å². The first-order valence-corrected chi connectivity index (χ1v) is 4.84. The van der Waals surface area contributed by atoms with Crippen LogP contribution in [0.15, 0.2) is 24.3 Å². The number of nitrogens with two attached hydrogens (primary N) is 1. The van der Waals surface area contributed by atoms with Gasteiger partial charge in [-0.2, -0.15) is 0 Å². The molecule has 3 heteroatoms. The fourth-order valence-electron chi connectivity index (χ4n) is 1.91. The molecule has 2 N–H and O–H groups in total. The quantitative estimate of drug-likeness (QED) is 0.776. The zero-order valence-electron chi connectivity index (χ0n) is 7.95. The summed E-state index contributed by atoms with van der Waals surface area (Å²) in [6.45, 7) is 2.05. The van der Waals surface area contributed by atoms with E-state index >= 15 is 0 Å². The number of hydrogen-bond donors (Lipinski definition) is 1. The van der Waals surface area contributed by atoms with Crippen LogP contribution in [-0.4, -0.2) is 19.8 Å². The monoisotopic (exact) mass is 195 g/mol. The first-order valence-electron chi connectivity index (χ1n) is 4.84. The molecule has 0 spiro atoms. The highest BCUT2D eigenvalue weighted by molar-refractivity contribution is 5.22. The lowest BCUT2D eigenvalue weighted by Crippen LogP contribution is -2.20. The van der Waals surface area contributed by atoms with Crippen LogP contribution in [-0.2, 0) is 4.74 Å². The second-order valence-corrected chi connectivity index (χ2v) is 3.69. The first-order chi connectivity index (χ1) is 6.81. The van der Waals surface area contributed by atoms with E-state index in [4.69, 9.17) is 10.5 Å². The third kappa shape index (κ3) is 1.79. The van der Waals surface area contributed by atoms with Gasteiger partial charge in [-0.1, -0.05) is 12.1 Å². The smallest absolute Gasteiger partial charge is 0.123 e. The molecule has 0 aliphatic carbocycles. The molecule has 1 aliphatic heterocycles. The third-order valence-electron chi connectivity index (χ3n) is 2.80. The summed E-state index contributed by atoms with van der Waals surface area (Å²) in [5, 5.41) is 0. The Morgan fingerprint density at radius 1 is 1.29 bits per heavy atom. The van der Waals surface area contributed by atoms with Crippen molar-refractivity contribution in [3.05, 3.63) is 35.6 Å². The maximum Gasteiger partial charge on any atom is 0.123 e. The van der Waals surface area contributed by atoms with Gasteiger partial charge >= 0.3 is 0 Å². The van der Waals surface area contributed by atoms with Crippen molar-refractivity contribution in [2.45, 2.75) is 5.92 Å². The molecule has 1 aromatic rings. The van der Waals surface area contributed by atoms with Crippen LogP contribution in [0.3, 0.4) is 0 Å². The average Bonchev–Trinajstić information content (AvgIpc) is 2.67. The molecule has 0 saturated carbocycles. The molecule has 2 nitrogen and oxygen atoms in total. The van der Waals surface area contributed by atoms with Gasteiger partial charge in [-0.3, -0.25) is 0 Å². The highest BCUT2D eigenvalue weighted by Gasteiger charge is 2.28. The van der Waals surface area contributed by atoms with Crippen molar-refractivity contribution in [2.75, 3.05) is 19.8 Å². The van der Waals surface area contributed by atoms with Crippen molar-refractivity contribution in [1.82, 2.24) is 0 Å². The average molecular weight is 195 g/mol. The molecule has 0 radical (unpaired) electrons. The topological polar surface area (TPSA) is 35.2 Å². The van der Waals surface area contributed by atoms with Gasteiger partial charge in [0, 0.05) is 11.8 Å². The first kappa shape index (κ1) is 9.62. The molecule has 1 heterocycles. The van der Waals surface area contributed by atoms with Gasteiger partial charge in [0.25, 0.3) is 0 Å². The number of benzene rings is 1. The summed E-state index contributed by atoms with van der Waals surface area (Å²) in [7, 11) is 0. The van der Waals surface area contributed by atoms with E-state index in [0.29, 0.717) is 25.0 Å². The van der Waals surface area contributed by atoms with Gasteiger partial charge in [0.2, 0.25) is 0 Å². The molecular formula is C11H14FNO. The molecule has 2 atom stereocenters. The molecule has 76 valence electrons. The van der Waals surface area contributed by atoms with E-state index in [0.717, 1.165) is 12.2 Å². The molecule has 14 heavy (non-hydrogen) atoms. The van der Waals surface area contributed by atoms with Gasteiger partial charge in [0.05, 0.1) is 13.2 Å². The largest absolute Gasteiger partial charge is 0.380 e. The predicted octanol–water partition coefficient (Wildman–Crippen LogP) is 1.51. The lowest BCUT2D eigenvalue weighted by molar-refractivity contribution is 0.185. The molecular weight excluding hydrogens is 181 g/mol. The molecule has 1 aliphatic rings. The van der Waals surface area contributed by atoms with Crippen LogP contribution in [0.5, 0.6) is 0 Å². The second kappa shape index (κ2) is 4.07. The van der Waals surface area contributed by atoms with Crippen LogP contribution in [0.2, 0.25) is 0 Å². The van der Waals surface area contributed by atoms with Crippen LogP contribution in [0, 0.1) is 11.7 Å². The number of halogens is 1. The summed E-state index contributed by atoms with van der Waals surface area (Å²) < 4.78 is 18.1. The Morgan fingerprint density at radius 3 is 2.64 bits per heavy atom. The van der Waals surface area contributed by atoms with Gasteiger partial charge in [-0.25, -0.2) is 4.39 Å². The van der Waals surface area contributed by atoms with E-state index in [1.165, 1.54) is 12.1 Å². The number of rotatable bonds is 2. The van der Waals surface area contributed by atoms with Gasteiger partial charge < -0.3 is 10.5 Å². The van der Waals surface area contributed by atoms with E-state index in [2.05, 4.69) is 0 Å². The minimum Gasteiger partial charge on any atom is -0.380 e. The minimum atomic E-state index is -0.197. The Labute approximate surface area is 82.9 Å². The molecule has 1 saturated heterocycles. The van der Waals surface area contributed by atoms with E-state index in [-0.39, 0.29) is 5.82 Å². The van der Waals surface area contributed by atoms with E-state index in [1.807, 2.05) is 12.1 Å². The minimum absolute atomic E-state index is 0.197. The Hall–Kier alpha value is -0.930. The second-order valence-electron chi connectivity index (χ2n) is 3.69. The summed E-state index contributed by atoms with van der Waals surface area (Å²) in [6.07, 6.45) is 0. The maximum atomic E-state index is 12.7. The van der Waals surface area contributed by atoms with E-state index < -0.39 is 0 Å². The zero-order chi connectivity index (χ0) is 9.97. The van der Waals surface area contributed by atoms with Crippen molar-refractivity contribution in [2.24, 2.45) is 11.7 Å². The Morgan fingerprint density at radius 2 is 2.00 bits per heavy atom. The van der Waals surface area contributed by atoms with E-state index in [9.17, 15) is 4.39 Å². The molecule has 2 rings (SSSR count). The Balaban J connectivity index is 2.17. The van der Waals surface area contributed by atoms with Crippen LogP contribution >= 0.6 is 0 Å². The van der Waals surface area contributed by atoms with Crippen molar-refractivity contribution >= 4 is 0 Å². The Kier molecular flexibility index (Phi) is 2.79. The number of hydrogen-bond acceptors (Lipinski definition) is 2. The predicted molar refractivity (Wildman–Crippen MR) is 52.5 cm³/mol. The van der Waals surface area contributed by atoms with Crippen LogP contribution < -0.4 is 5.73 Å². The van der Waals surface area contributed by atoms with Crippen LogP contribution in [0.4, 0.5) is 4.39 Å². The highest BCUT2D eigenvalue weighted by Crippen LogP contribution is 2.30. The molecule has 0 aromatic heterocycles. The fraction of sp³-hybridized carbons (Fsp3) is 0.455. The Bertz CT molecular complexity index is 299. The van der Waals surface area contributed by atoms with Crippen molar-refractivity contribution in [3.8, 4) is 0 Å². The standard InChI is InChI=1S/C11H14FNO/c12-10-3-1-8(2-4-10)11-7-14-6-9(11)5-13/h1-4,9,11H,5-7,13H2. The van der Waals surface area contributed by atoms with Crippen LogP contribution in [0.1, 0.15) is 11.5 Å². The third-order valence-corrected chi connectivity index (χ3v) is 2.80. The summed E-state index contributed by atoms with van der Waals surface area (Å²) in [5.74, 6) is 0.512. The van der Waals surface area contributed by atoms with Gasteiger partial charge in [0.1, 0.15) is 5.82 Å². The molecule has 0 bridgehead atoms. The molecule has 2 unspecified atom stereocenters. The molecule has 0 amide bonds. The zero-order valence-corrected chi connectivity index (χ0v) is 7.95. The summed E-state index contributed by atoms with van der Waals surface area (Å²) in [6, 6.07) is 6.61. The van der Waals surface area contributed by atoms with Crippen molar-refractivity contribution < 1.29 is 9.13 Å². The summed E-state index contributed by atoms with van der Waals surface area (Å²) in [5.41, 5.74) is 6.76. The van der Waals surface area contributed by atoms with Gasteiger partial charge in [-0.05, 0) is 24.2 Å². The highest BCUT2D eigenvalue weighted by atomic mass is 19.1. The van der Waals surface area contributed by atoms with Crippen molar-refractivity contribution in [3.63, 3.8) is 0 Å². The van der Waals surface area contributed by atoms with Gasteiger partial charge in [-0.15, -0.1) is 0 Å². The van der Waals surface area contributed by atoms with E-state index in [1.54, 1.807) is 0 Å². The fourth-order valence-corrected chi connectivity index (χ4v) is 1.91. The summed E-state index contributed by atoms with van der Waals surface area (Å²) in [4.78, 5) is 0. The van der Waals surface area contributed by atoms with Crippen molar-refractivity contribution in [1.29, 1.82) is 0 Å².